The first kappa shape index (κ1) is 13.1. The van der Waals surface area contributed by atoms with Gasteiger partial charge in [0.15, 0.2) is 0 Å². The second-order valence-electron chi connectivity index (χ2n) is 4.95. The summed E-state index contributed by atoms with van der Waals surface area (Å²) < 4.78 is 0. The zero-order valence-electron chi connectivity index (χ0n) is 11.2. The Balaban J connectivity index is 2.32. The third-order valence-electron chi connectivity index (χ3n) is 4.11. The molecule has 0 unspecified atom stereocenters. The highest BCUT2D eigenvalue weighted by atomic mass is 16.2. The summed E-state index contributed by atoms with van der Waals surface area (Å²) in [5, 5.41) is 0. The number of hydrogen-bond donors (Lipinski definition) is 1. The smallest absolute Gasteiger partial charge is 0.233 e. The Morgan fingerprint density at radius 3 is 2.39 bits per heavy atom. The van der Waals surface area contributed by atoms with Gasteiger partial charge in [-0.1, -0.05) is 30.3 Å². The molecule has 3 heteroatoms. The molecular weight excluding hydrogens is 224 g/mol. The highest BCUT2D eigenvalue weighted by Crippen LogP contribution is 2.54. The Morgan fingerprint density at radius 2 is 1.94 bits per heavy atom. The van der Waals surface area contributed by atoms with Gasteiger partial charge in [-0.2, -0.15) is 0 Å². The summed E-state index contributed by atoms with van der Waals surface area (Å²) in [6.07, 6.45) is 0.892. The fraction of sp³-hybridized carbons (Fsp3) is 0.533. The Morgan fingerprint density at radius 1 is 1.33 bits per heavy atom. The summed E-state index contributed by atoms with van der Waals surface area (Å²) in [5.74, 6) is 0.544. The van der Waals surface area contributed by atoms with E-state index in [-0.39, 0.29) is 11.3 Å². The van der Waals surface area contributed by atoms with Crippen LogP contribution in [-0.2, 0) is 10.2 Å². The average Bonchev–Trinajstić information content (AvgIpc) is 3.17. The normalized spacial score (nSPS) is 25.8. The zero-order chi connectivity index (χ0) is 13.2. The van der Waals surface area contributed by atoms with E-state index in [4.69, 9.17) is 5.73 Å². The lowest BCUT2D eigenvalue weighted by Gasteiger charge is -2.26. The topological polar surface area (TPSA) is 46.3 Å². The average molecular weight is 246 g/mol. The van der Waals surface area contributed by atoms with Gasteiger partial charge in [-0.15, -0.1) is 0 Å². The molecule has 3 nitrogen and oxygen atoms in total. The standard InChI is InChI=1S/C15H22N2O/c1-3-17(4-2)14(18)15(10-13(15)11-16)12-8-6-5-7-9-12/h5-9,13H,3-4,10-11,16H2,1-2H3/t13-,15-/m1/s1. The maximum Gasteiger partial charge on any atom is 0.233 e. The maximum atomic E-state index is 12.7. The van der Waals surface area contributed by atoms with Crippen molar-refractivity contribution in [1.29, 1.82) is 0 Å². The molecular formula is C15H22N2O. The minimum Gasteiger partial charge on any atom is -0.342 e. The second-order valence-corrected chi connectivity index (χ2v) is 4.95. The van der Waals surface area contributed by atoms with E-state index in [1.54, 1.807) is 0 Å². The Labute approximate surface area is 109 Å². The first-order valence-corrected chi connectivity index (χ1v) is 6.75. The van der Waals surface area contributed by atoms with E-state index in [0.717, 1.165) is 25.1 Å². The van der Waals surface area contributed by atoms with Crippen LogP contribution in [0, 0.1) is 5.92 Å². The third-order valence-corrected chi connectivity index (χ3v) is 4.11. The molecule has 2 rings (SSSR count). The summed E-state index contributed by atoms with van der Waals surface area (Å²) in [4.78, 5) is 14.6. The van der Waals surface area contributed by atoms with Crippen LogP contribution in [0.4, 0.5) is 0 Å². The Kier molecular flexibility index (Phi) is 3.71. The predicted molar refractivity (Wildman–Crippen MR) is 73.2 cm³/mol. The highest BCUT2D eigenvalue weighted by molar-refractivity contribution is 5.92. The molecule has 0 radical (unpaired) electrons. The van der Waals surface area contributed by atoms with Crippen LogP contribution < -0.4 is 5.73 Å². The van der Waals surface area contributed by atoms with Gasteiger partial charge in [0.1, 0.15) is 0 Å². The van der Waals surface area contributed by atoms with Gasteiger partial charge < -0.3 is 10.6 Å². The molecule has 2 N–H and O–H groups in total. The number of rotatable bonds is 5. The van der Waals surface area contributed by atoms with Crippen molar-refractivity contribution in [1.82, 2.24) is 4.90 Å². The molecule has 1 aromatic carbocycles. The van der Waals surface area contributed by atoms with Crippen LogP contribution in [0.15, 0.2) is 30.3 Å². The predicted octanol–water partition coefficient (Wildman–Crippen LogP) is 1.77. The molecule has 0 bridgehead atoms. The molecule has 18 heavy (non-hydrogen) atoms. The van der Waals surface area contributed by atoms with Crippen LogP contribution in [0.25, 0.3) is 0 Å². The van der Waals surface area contributed by atoms with Crippen LogP contribution >= 0.6 is 0 Å². The monoisotopic (exact) mass is 246 g/mol. The van der Waals surface area contributed by atoms with E-state index in [9.17, 15) is 4.79 Å². The van der Waals surface area contributed by atoms with E-state index in [1.165, 1.54) is 0 Å². The van der Waals surface area contributed by atoms with Crippen LogP contribution in [0.5, 0.6) is 0 Å². The van der Waals surface area contributed by atoms with Crippen molar-refractivity contribution in [3.8, 4) is 0 Å². The SMILES string of the molecule is CCN(CC)C(=O)[C@@]1(c2ccccc2)C[C@@H]1CN. The van der Waals surface area contributed by atoms with Crippen molar-refractivity contribution in [2.45, 2.75) is 25.7 Å². The Bertz CT molecular complexity index is 414. The van der Waals surface area contributed by atoms with E-state index in [2.05, 4.69) is 12.1 Å². The fourth-order valence-electron chi connectivity index (χ4n) is 2.88. The van der Waals surface area contributed by atoms with Gasteiger partial charge in [0.25, 0.3) is 0 Å². The van der Waals surface area contributed by atoms with Crippen molar-refractivity contribution in [2.24, 2.45) is 11.7 Å². The van der Waals surface area contributed by atoms with Crippen LogP contribution in [0.2, 0.25) is 0 Å². The van der Waals surface area contributed by atoms with Crippen LogP contribution in [0.1, 0.15) is 25.8 Å². The number of amides is 1. The molecule has 1 aliphatic carbocycles. The molecule has 0 aromatic heterocycles. The van der Waals surface area contributed by atoms with Crippen molar-refractivity contribution >= 4 is 5.91 Å². The number of benzene rings is 1. The van der Waals surface area contributed by atoms with Crippen molar-refractivity contribution < 1.29 is 4.79 Å². The molecule has 2 atom stereocenters. The lowest BCUT2D eigenvalue weighted by molar-refractivity contribution is -0.134. The quantitative estimate of drug-likeness (QED) is 0.860. The van der Waals surface area contributed by atoms with Gasteiger partial charge in [-0.05, 0) is 38.3 Å². The number of nitrogens with two attached hydrogens (primary N) is 1. The van der Waals surface area contributed by atoms with Crippen molar-refractivity contribution in [2.75, 3.05) is 19.6 Å². The second kappa shape index (κ2) is 5.11. The maximum absolute atomic E-state index is 12.7. The van der Waals surface area contributed by atoms with E-state index in [0.29, 0.717) is 12.5 Å². The van der Waals surface area contributed by atoms with Crippen LogP contribution in [0.3, 0.4) is 0 Å². The molecule has 1 aromatic rings. The minimum atomic E-state index is -0.345. The summed E-state index contributed by atoms with van der Waals surface area (Å²) in [5.41, 5.74) is 6.57. The van der Waals surface area contributed by atoms with Crippen LogP contribution in [-0.4, -0.2) is 30.4 Å². The molecule has 1 saturated carbocycles. The first-order valence-electron chi connectivity index (χ1n) is 6.75. The number of nitrogens with zero attached hydrogens (tertiary/aromatic N) is 1. The van der Waals surface area contributed by atoms with E-state index in [1.807, 2.05) is 36.9 Å². The summed E-state index contributed by atoms with van der Waals surface area (Å²) in [6, 6.07) is 10.1. The van der Waals surface area contributed by atoms with Gasteiger partial charge in [0.05, 0.1) is 5.41 Å². The molecule has 0 saturated heterocycles. The van der Waals surface area contributed by atoms with Gasteiger partial charge in [0, 0.05) is 13.1 Å². The highest BCUT2D eigenvalue weighted by Gasteiger charge is 2.61. The van der Waals surface area contributed by atoms with E-state index >= 15 is 0 Å². The molecule has 1 amide bonds. The molecule has 0 aliphatic heterocycles. The number of likely N-dealkylation sites (N-methyl/N-ethyl adjacent to an activating group) is 1. The lowest BCUT2D eigenvalue weighted by Crippen LogP contribution is -2.40. The third kappa shape index (κ3) is 1.93. The summed E-state index contributed by atoms with van der Waals surface area (Å²) in [7, 11) is 0. The first-order chi connectivity index (χ1) is 8.70. The van der Waals surface area contributed by atoms with E-state index < -0.39 is 0 Å². The number of carbonyl (C=O) groups is 1. The lowest BCUT2D eigenvalue weighted by atomic mass is 9.91. The number of carbonyl (C=O) groups excluding carboxylic acids is 1. The zero-order valence-corrected chi connectivity index (χ0v) is 11.2. The minimum absolute atomic E-state index is 0.245. The van der Waals surface area contributed by atoms with Gasteiger partial charge in [-0.25, -0.2) is 0 Å². The molecule has 1 aliphatic rings. The Hall–Kier alpha value is -1.35. The molecule has 1 fully saturated rings. The molecule has 0 spiro atoms. The van der Waals surface area contributed by atoms with Gasteiger partial charge in [-0.3, -0.25) is 4.79 Å². The molecule has 0 heterocycles. The van der Waals surface area contributed by atoms with Crippen molar-refractivity contribution in [3.05, 3.63) is 35.9 Å². The van der Waals surface area contributed by atoms with Gasteiger partial charge in [0.2, 0.25) is 5.91 Å². The number of hydrogen-bond acceptors (Lipinski definition) is 2. The van der Waals surface area contributed by atoms with Crippen molar-refractivity contribution in [3.63, 3.8) is 0 Å². The summed E-state index contributed by atoms with van der Waals surface area (Å²) in [6.45, 7) is 6.17. The molecule has 98 valence electrons. The summed E-state index contributed by atoms with van der Waals surface area (Å²) >= 11 is 0. The fourth-order valence-corrected chi connectivity index (χ4v) is 2.88. The van der Waals surface area contributed by atoms with Gasteiger partial charge >= 0.3 is 0 Å². The largest absolute Gasteiger partial charge is 0.342 e.